The molecule has 1 aromatic carbocycles. The Bertz CT molecular complexity index is 350. The Labute approximate surface area is 83.5 Å². The maximum atomic E-state index is 10.5. The zero-order valence-corrected chi connectivity index (χ0v) is 8.19. The van der Waals surface area contributed by atoms with Crippen LogP contribution in [0, 0.1) is 0 Å². The van der Waals surface area contributed by atoms with Gasteiger partial charge < -0.3 is 9.84 Å². The largest absolute Gasteiger partial charge is 0.479 e. The average molecular weight is 243 g/mol. The summed E-state index contributed by atoms with van der Waals surface area (Å²) in [6.45, 7) is 0. The molecule has 0 aliphatic carbocycles. The van der Waals surface area contributed by atoms with E-state index in [0.717, 1.165) is 10.0 Å². The van der Waals surface area contributed by atoms with E-state index in [4.69, 9.17) is 9.84 Å². The summed E-state index contributed by atoms with van der Waals surface area (Å²) in [7, 11) is 0. The number of carboxylic acids is 1. The first-order valence-corrected chi connectivity index (χ1v) is 4.62. The Balaban J connectivity index is 2.21. The van der Waals surface area contributed by atoms with Gasteiger partial charge in [0, 0.05) is 4.47 Å². The molecular formula is C9H7BrO3. The lowest BCUT2D eigenvalue weighted by Crippen LogP contribution is -2.04. The molecule has 1 saturated heterocycles. The highest BCUT2D eigenvalue weighted by molar-refractivity contribution is 9.10. The van der Waals surface area contributed by atoms with E-state index < -0.39 is 12.1 Å². The van der Waals surface area contributed by atoms with Gasteiger partial charge in [-0.1, -0.05) is 34.1 Å². The highest BCUT2D eigenvalue weighted by Crippen LogP contribution is 2.41. The van der Waals surface area contributed by atoms with Gasteiger partial charge in [0.05, 0.1) is 0 Å². The Morgan fingerprint density at radius 2 is 2.15 bits per heavy atom. The Hall–Kier alpha value is -0.870. The second-order valence-electron chi connectivity index (χ2n) is 2.84. The van der Waals surface area contributed by atoms with Crippen LogP contribution in [0.1, 0.15) is 11.7 Å². The lowest BCUT2D eigenvalue weighted by molar-refractivity contribution is -0.138. The quantitative estimate of drug-likeness (QED) is 0.808. The maximum absolute atomic E-state index is 10.5. The molecule has 3 nitrogen and oxygen atoms in total. The normalized spacial score (nSPS) is 25.6. The first-order valence-electron chi connectivity index (χ1n) is 3.83. The molecule has 4 heteroatoms. The molecule has 1 aliphatic rings. The van der Waals surface area contributed by atoms with Crippen LogP contribution >= 0.6 is 15.9 Å². The number of hydrogen-bond donors (Lipinski definition) is 1. The van der Waals surface area contributed by atoms with Crippen molar-refractivity contribution in [3.05, 3.63) is 34.3 Å². The van der Waals surface area contributed by atoms with E-state index in [1.807, 2.05) is 24.3 Å². The van der Waals surface area contributed by atoms with Gasteiger partial charge in [0.1, 0.15) is 6.10 Å². The van der Waals surface area contributed by atoms with Gasteiger partial charge >= 0.3 is 5.97 Å². The fraction of sp³-hybridized carbons (Fsp3) is 0.222. The predicted octanol–water partition coefficient (Wildman–Crippen LogP) is 1.97. The third-order valence-electron chi connectivity index (χ3n) is 1.95. The summed E-state index contributed by atoms with van der Waals surface area (Å²) >= 11 is 3.34. The second-order valence-corrected chi connectivity index (χ2v) is 3.69. The number of hydrogen-bond acceptors (Lipinski definition) is 2. The molecule has 13 heavy (non-hydrogen) atoms. The number of carbonyl (C=O) groups is 1. The van der Waals surface area contributed by atoms with E-state index in [-0.39, 0.29) is 6.10 Å². The standard InChI is InChI=1S/C9H7BrO3/c10-6-4-2-1-3-5(6)7-8(13-7)9(11)12/h1-4,7-8H,(H,11,12)/t7-,8+/m0/s1. The first kappa shape index (κ1) is 8.72. The summed E-state index contributed by atoms with van der Waals surface area (Å²) in [5.74, 6) is -0.902. The van der Waals surface area contributed by atoms with Crippen LogP contribution in [0.15, 0.2) is 28.7 Å². The molecule has 0 unspecified atom stereocenters. The molecule has 0 spiro atoms. The van der Waals surface area contributed by atoms with Gasteiger partial charge in [-0.2, -0.15) is 0 Å². The van der Waals surface area contributed by atoms with Gasteiger partial charge in [-0.15, -0.1) is 0 Å². The van der Waals surface area contributed by atoms with E-state index in [9.17, 15) is 4.79 Å². The molecule has 0 amide bonds. The molecule has 1 heterocycles. The average Bonchev–Trinajstić information content (AvgIpc) is 2.84. The Morgan fingerprint density at radius 3 is 2.69 bits per heavy atom. The van der Waals surface area contributed by atoms with Crippen molar-refractivity contribution in [1.29, 1.82) is 0 Å². The van der Waals surface area contributed by atoms with E-state index >= 15 is 0 Å². The topological polar surface area (TPSA) is 49.8 Å². The molecule has 68 valence electrons. The molecule has 0 bridgehead atoms. The van der Waals surface area contributed by atoms with Crippen LogP contribution in [0.4, 0.5) is 0 Å². The van der Waals surface area contributed by atoms with Crippen molar-refractivity contribution in [2.24, 2.45) is 0 Å². The first-order chi connectivity index (χ1) is 6.20. The van der Waals surface area contributed by atoms with Crippen LogP contribution in [0.25, 0.3) is 0 Å². The number of ether oxygens (including phenoxy) is 1. The SMILES string of the molecule is O=C(O)[C@@H]1O[C@H]1c1ccccc1Br. The zero-order valence-electron chi connectivity index (χ0n) is 6.61. The van der Waals surface area contributed by atoms with Crippen molar-refractivity contribution < 1.29 is 14.6 Å². The van der Waals surface area contributed by atoms with Crippen molar-refractivity contribution in [2.75, 3.05) is 0 Å². The summed E-state index contributed by atoms with van der Waals surface area (Å²) in [5.41, 5.74) is 0.898. The minimum absolute atomic E-state index is 0.284. The van der Waals surface area contributed by atoms with Gasteiger partial charge in [-0.3, -0.25) is 0 Å². The van der Waals surface area contributed by atoms with E-state index in [2.05, 4.69) is 15.9 Å². The fourth-order valence-electron chi connectivity index (χ4n) is 1.24. The van der Waals surface area contributed by atoms with Crippen LogP contribution in [-0.2, 0) is 9.53 Å². The van der Waals surface area contributed by atoms with Crippen LogP contribution < -0.4 is 0 Å². The van der Waals surface area contributed by atoms with Crippen molar-refractivity contribution in [3.8, 4) is 0 Å². The van der Waals surface area contributed by atoms with Crippen LogP contribution in [0.2, 0.25) is 0 Å². The van der Waals surface area contributed by atoms with Crippen molar-refractivity contribution in [3.63, 3.8) is 0 Å². The number of epoxide rings is 1. The summed E-state index contributed by atoms with van der Waals surface area (Å²) in [4.78, 5) is 10.5. The lowest BCUT2D eigenvalue weighted by atomic mass is 10.1. The molecule has 1 fully saturated rings. The summed E-state index contributed by atoms with van der Waals surface area (Å²) in [6, 6.07) is 7.47. The molecule has 0 saturated carbocycles. The number of benzene rings is 1. The highest BCUT2D eigenvalue weighted by Gasteiger charge is 2.47. The highest BCUT2D eigenvalue weighted by atomic mass is 79.9. The molecule has 0 aromatic heterocycles. The molecule has 2 atom stereocenters. The predicted molar refractivity (Wildman–Crippen MR) is 49.4 cm³/mol. The van der Waals surface area contributed by atoms with Gasteiger partial charge in [-0.25, -0.2) is 4.79 Å². The van der Waals surface area contributed by atoms with Gasteiger partial charge in [-0.05, 0) is 11.6 Å². The summed E-state index contributed by atoms with van der Waals surface area (Å²) < 4.78 is 5.91. The molecule has 0 radical (unpaired) electrons. The monoisotopic (exact) mass is 242 g/mol. The van der Waals surface area contributed by atoms with Gasteiger partial charge in [0.15, 0.2) is 6.10 Å². The molecular weight excluding hydrogens is 236 g/mol. The van der Waals surface area contributed by atoms with E-state index in [0.29, 0.717) is 0 Å². The molecule has 2 rings (SSSR count). The number of halogens is 1. The Kier molecular flexibility index (Phi) is 2.09. The lowest BCUT2D eigenvalue weighted by Gasteiger charge is -1.97. The van der Waals surface area contributed by atoms with Gasteiger partial charge in [0.2, 0.25) is 0 Å². The summed E-state index contributed by atoms with van der Waals surface area (Å²) in [6.07, 6.45) is -0.952. The van der Waals surface area contributed by atoms with E-state index in [1.165, 1.54) is 0 Å². The van der Waals surface area contributed by atoms with Crippen molar-refractivity contribution in [2.45, 2.75) is 12.2 Å². The minimum atomic E-state index is -0.902. The number of aliphatic carboxylic acids is 1. The van der Waals surface area contributed by atoms with Crippen LogP contribution in [0.5, 0.6) is 0 Å². The third-order valence-corrected chi connectivity index (χ3v) is 2.67. The van der Waals surface area contributed by atoms with Crippen LogP contribution in [-0.4, -0.2) is 17.2 Å². The second kappa shape index (κ2) is 3.12. The zero-order chi connectivity index (χ0) is 9.42. The number of carboxylic acid groups (broad SMARTS) is 1. The minimum Gasteiger partial charge on any atom is -0.479 e. The third kappa shape index (κ3) is 1.59. The maximum Gasteiger partial charge on any atom is 0.335 e. The fourth-order valence-corrected chi connectivity index (χ4v) is 1.75. The Morgan fingerprint density at radius 1 is 1.46 bits per heavy atom. The molecule has 1 aliphatic heterocycles. The van der Waals surface area contributed by atoms with E-state index in [1.54, 1.807) is 0 Å². The smallest absolute Gasteiger partial charge is 0.335 e. The number of rotatable bonds is 2. The molecule has 1 aromatic rings. The summed E-state index contributed by atoms with van der Waals surface area (Å²) in [5, 5.41) is 8.64. The molecule has 1 N–H and O–H groups in total. The van der Waals surface area contributed by atoms with Gasteiger partial charge in [0.25, 0.3) is 0 Å². The van der Waals surface area contributed by atoms with Crippen molar-refractivity contribution >= 4 is 21.9 Å². The van der Waals surface area contributed by atoms with Crippen molar-refractivity contribution in [1.82, 2.24) is 0 Å². The van der Waals surface area contributed by atoms with Crippen LogP contribution in [0.3, 0.4) is 0 Å².